The van der Waals surface area contributed by atoms with Gasteiger partial charge in [0, 0.05) is 26.2 Å². The summed E-state index contributed by atoms with van der Waals surface area (Å²) in [6.07, 6.45) is 49.6. The Morgan fingerprint density at radius 3 is 1.33 bits per heavy atom. The van der Waals surface area contributed by atoms with Gasteiger partial charge in [0.1, 0.15) is 12.7 Å². The van der Waals surface area contributed by atoms with Crippen LogP contribution in [0.3, 0.4) is 0 Å². The van der Waals surface area contributed by atoms with Crippen LogP contribution in [0.1, 0.15) is 181 Å². The first-order valence-electron chi connectivity index (χ1n) is 21.9. The molecule has 0 rings (SSSR count). The first-order chi connectivity index (χ1) is 25.5. The van der Waals surface area contributed by atoms with Crippen molar-refractivity contribution in [1.29, 1.82) is 0 Å². The Balaban J connectivity index is 4.28. The molecule has 0 aliphatic rings. The molecule has 0 aliphatic heterocycles. The Morgan fingerprint density at radius 2 is 0.904 bits per heavy atom. The van der Waals surface area contributed by atoms with E-state index in [1.54, 1.807) is 0 Å². The van der Waals surface area contributed by atoms with E-state index in [2.05, 4.69) is 72.3 Å². The van der Waals surface area contributed by atoms with Gasteiger partial charge in [-0.05, 0) is 104 Å². The van der Waals surface area contributed by atoms with Crippen molar-refractivity contribution in [1.82, 2.24) is 9.80 Å². The van der Waals surface area contributed by atoms with Crippen molar-refractivity contribution in [3.63, 3.8) is 0 Å². The first-order valence-corrected chi connectivity index (χ1v) is 21.9. The fourth-order valence-corrected chi connectivity index (χ4v) is 6.17. The number of allylic oxidation sites excluding steroid dienone is 8. The average molecular weight is 731 g/mol. The third kappa shape index (κ3) is 39.3. The zero-order chi connectivity index (χ0) is 38.0. The number of carbonyl (C=O) groups is 1. The smallest absolute Gasteiger partial charge is 0.433 e. The SMILES string of the molecule is CCCCC/C=C\C/C=C\CCCCCCCCC(CCCCCCCC/C=C\C/C=C\CCCCC)OC(=O)OCCN(C)CCN(C)CCO. The van der Waals surface area contributed by atoms with E-state index in [9.17, 15) is 4.79 Å². The number of nitrogens with zero attached hydrogens (tertiary/aromatic N) is 2. The van der Waals surface area contributed by atoms with Gasteiger partial charge in [0.05, 0.1) is 6.61 Å². The van der Waals surface area contributed by atoms with Crippen molar-refractivity contribution in [2.75, 3.05) is 53.5 Å². The molecule has 0 amide bonds. The molecule has 0 aromatic rings. The molecule has 0 fully saturated rings. The van der Waals surface area contributed by atoms with Crippen LogP contribution >= 0.6 is 0 Å². The molecule has 0 atom stereocenters. The molecule has 0 saturated carbocycles. The Bertz CT molecular complexity index is 807. The predicted octanol–water partition coefficient (Wildman–Crippen LogP) is 12.8. The molecular formula is C46H86N2O4. The van der Waals surface area contributed by atoms with Gasteiger partial charge in [0.25, 0.3) is 0 Å². The summed E-state index contributed by atoms with van der Waals surface area (Å²) in [6.45, 7) is 8.08. The standard InChI is InChI=1S/C46H86N2O4/c1-5-7-9-11-13-15-17-19-21-23-25-27-29-31-33-35-37-45(52-46(50)51-44-42-48(4)40-39-47(3)41-43-49)38-36-34-32-30-28-26-24-22-20-18-16-14-12-10-8-6-2/h13-16,19-22,45,49H,5-12,17-18,23-44H2,1-4H3/b15-13-,16-14-,21-19-,22-20-. The summed E-state index contributed by atoms with van der Waals surface area (Å²) < 4.78 is 11.4. The van der Waals surface area contributed by atoms with Gasteiger partial charge in [-0.3, -0.25) is 0 Å². The molecule has 0 aromatic heterocycles. The number of likely N-dealkylation sites (N-methyl/N-ethyl adjacent to an activating group) is 2. The summed E-state index contributed by atoms with van der Waals surface area (Å²) in [5.41, 5.74) is 0. The van der Waals surface area contributed by atoms with E-state index in [-0.39, 0.29) is 12.7 Å². The highest BCUT2D eigenvalue weighted by molar-refractivity contribution is 5.60. The second-order valence-corrected chi connectivity index (χ2v) is 14.9. The summed E-state index contributed by atoms with van der Waals surface area (Å²) in [5, 5.41) is 9.08. The molecule has 0 aromatic carbocycles. The summed E-state index contributed by atoms with van der Waals surface area (Å²) in [7, 11) is 4.03. The Hall–Kier alpha value is -1.89. The zero-order valence-electron chi connectivity index (χ0n) is 34.9. The quantitative estimate of drug-likeness (QED) is 0.0386. The lowest BCUT2D eigenvalue weighted by molar-refractivity contribution is 0.0128. The molecule has 0 bridgehead atoms. The molecule has 0 heterocycles. The van der Waals surface area contributed by atoms with E-state index in [1.807, 2.05) is 14.1 Å². The van der Waals surface area contributed by atoms with Crippen molar-refractivity contribution in [2.24, 2.45) is 0 Å². The summed E-state index contributed by atoms with van der Waals surface area (Å²) in [4.78, 5) is 16.9. The number of unbranched alkanes of at least 4 members (excludes halogenated alkanes) is 18. The van der Waals surface area contributed by atoms with Crippen LogP contribution in [0.15, 0.2) is 48.6 Å². The molecule has 52 heavy (non-hydrogen) atoms. The Labute approximate surface area is 323 Å². The van der Waals surface area contributed by atoms with E-state index in [0.29, 0.717) is 19.7 Å². The molecule has 0 radical (unpaired) electrons. The number of carbonyl (C=O) groups excluding carboxylic acids is 1. The van der Waals surface area contributed by atoms with E-state index in [1.165, 1.54) is 128 Å². The van der Waals surface area contributed by atoms with Gasteiger partial charge < -0.3 is 24.4 Å². The topological polar surface area (TPSA) is 62.2 Å². The van der Waals surface area contributed by atoms with Gasteiger partial charge in [-0.1, -0.05) is 140 Å². The molecule has 1 N–H and O–H groups in total. The fraction of sp³-hybridized carbons (Fsp3) is 0.804. The first kappa shape index (κ1) is 50.1. The normalized spacial score (nSPS) is 12.4. The van der Waals surface area contributed by atoms with Gasteiger partial charge in [-0.15, -0.1) is 0 Å². The highest BCUT2D eigenvalue weighted by atomic mass is 16.7. The van der Waals surface area contributed by atoms with Crippen LogP contribution in [0.2, 0.25) is 0 Å². The maximum Gasteiger partial charge on any atom is 0.508 e. The fourth-order valence-electron chi connectivity index (χ4n) is 6.17. The number of ether oxygens (including phenoxy) is 2. The number of aliphatic hydroxyl groups is 1. The van der Waals surface area contributed by atoms with Crippen LogP contribution in [0, 0.1) is 0 Å². The minimum Gasteiger partial charge on any atom is -0.433 e. The van der Waals surface area contributed by atoms with Gasteiger partial charge in [0.2, 0.25) is 0 Å². The molecule has 6 nitrogen and oxygen atoms in total. The van der Waals surface area contributed by atoms with Crippen LogP contribution < -0.4 is 0 Å². The molecule has 0 aliphatic carbocycles. The maximum atomic E-state index is 12.6. The van der Waals surface area contributed by atoms with E-state index < -0.39 is 6.16 Å². The van der Waals surface area contributed by atoms with Gasteiger partial charge >= 0.3 is 6.16 Å². The maximum absolute atomic E-state index is 12.6. The highest BCUT2D eigenvalue weighted by Crippen LogP contribution is 2.18. The van der Waals surface area contributed by atoms with Crippen molar-refractivity contribution in [3.8, 4) is 0 Å². The van der Waals surface area contributed by atoms with Gasteiger partial charge in [-0.25, -0.2) is 4.79 Å². The molecule has 0 unspecified atom stereocenters. The largest absolute Gasteiger partial charge is 0.508 e. The molecule has 0 saturated heterocycles. The number of rotatable bonds is 39. The Kier molecular flexibility index (Phi) is 40.3. The lowest BCUT2D eigenvalue weighted by Gasteiger charge is -2.21. The zero-order valence-corrected chi connectivity index (χ0v) is 34.9. The molecular weight excluding hydrogens is 645 g/mol. The number of hydrogen-bond acceptors (Lipinski definition) is 6. The minimum absolute atomic E-state index is 0.0472. The molecule has 0 spiro atoms. The third-order valence-electron chi connectivity index (χ3n) is 9.75. The van der Waals surface area contributed by atoms with Crippen LogP contribution in [0.4, 0.5) is 4.79 Å². The third-order valence-corrected chi connectivity index (χ3v) is 9.75. The molecule has 6 heteroatoms. The second-order valence-electron chi connectivity index (χ2n) is 14.9. The van der Waals surface area contributed by atoms with Gasteiger partial charge in [-0.2, -0.15) is 0 Å². The van der Waals surface area contributed by atoms with Crippen LogP contribution in [0.5, 0.6) is 0 Å². The summed E-state index contributed by atoms with van der Waals surface area (Å²) >= 11 is 0. The van der Waals surface area contributed by atoms with Crippen LogP contribution in [-0.2, 0) is 9.47 Å². The number of aliphatic hydroxyl groups excluding tert-OH is 1. The van der Waals surface area contributed by atoms with Crippen molar-refractivity contribution in [3.05, 3.63) is 48.6 Å². The summed E-state index contributed by atoms with van der Waals surface area (Å²) in [5.74, 6) is 0. The highest BCUT2D eigenvalue weighted by Gasteiger charge is 2.16. The van der Waals surface area contributed by atoms with Crippen molar-refractivity contribution in [2.45, 2.75) is 187 Å². The summed E-state index contributed by atoms with van der Waals surface area (Å²) in [6, 6.07) is 0. The monoisotopic (exact) mass is 731 g/mol. The van der Waals surface area contributed by atoms with Crippen molar-refractivity contribution >= 4 is 6.16 Å². The second kappa shape index (κ2) is 41.9. The minimum atomic E-state index is -0.518. The predicted molar refractivity (Wildman–Crippen MR) is 226 cm³/mol. The van der Waals surface area contributed by atoms with E-state index >= 15 is 0 Å². The lowest BCUT2D eigenvalue weighted by Crippen LogP contribution is -2.34. The average Bonchev–Trinajstić information content (AvgIpc) is 3.13. The number of hydrogen-bond donors (Lipinski definition) is 1. The van der Waals surface area contributed by atoms with E-state index in [0.717, 1.165) is 51.6 Å². The Morgan fingerprint density at radius 1 is 0.519 bits per heavy atom. The van der Waals surface area contributed by atoms with E-state index in [4.69, 9.17) is 14.6 Å². The van der Waals surface area contributed by atoms with Gasteiger partial charge in [0.15, 0.2) is 0 Å². The molecule has 304 valence electrons. The van der Waals surface area contributed by atoms with Crippen molar-refractivity contribution < 1.29 is 19.4 Å². The lowest BCUT2D eigenvalue weighted by atomic mass is 10.0. The van der Waals surface area contributed by atoms with Crippen LogP contribution in [-0.4, -0.2) is 80.7 Å². The van der Waals surface area contributed by atoms with Crippen LogP contribution in [0.25, 0.3) is 0 Å².